The van der Waals surface area contributed by atoms with Crippen molar-refractivity contribution in [1.29, 1.82) is 0 Å². The largest absolute Gasteiger partial charge is 0.463 e. The van der Waals surface area contributed by atoms with E-state index in [0.717, 1.165) is 23.1 Å². The molecule has 0 aromatic heterocycles. The molecule has 3 aromatic carbocycles. The number of rotatable bonds is 24. The molecule has 3 aromatic rings. The van der Waals surface area contributed by atoms with Crippen LogP contribution in [0, 0.1) is 0 Å². The van der Waals surface area contributed by atoms with Crippen LogP contribution in [-0.2, 0) is 43.6 Å². The Bertz CT molecular complexity index is 998. The minimum atomic E-state index is -0.748. The molecule has 0 unspecified atom stereocenters. The van der Waals surface area contributed by atoms with Gasteiger partial charge >= 0.3 is 5.97 Å². The first-order valence-electron chi connectivity index (χ1n) is 15.1. The monoisotopic (exact) mass is 594 g/mol. The maximum absolute atomic E-state index is 11.2. The molecular formula is C35H46O8. The average Bonchev–Trinajstić information content (AvgIpc) is 3.05. The maximum Gasteiger partial charge on any atom is 0.305 e. The third-order valence-electron chi connectivity index (χ3n) is 6.52. The highest BCUT2D eigenvalue weighted by Gasteiger charge is 2.37. The fourth-order valence-electron chi connectivity index (χ4n) is 4.49. The second-order valence-corrected chi connectivity index (χ2v) is 9.66. The zero-order valence-electron chi connectivity index (χ0n) is 25.3. The van der Waals surface area contributed by atoms with Crippen LogP contribution >= 0.6 is 0 Å². The number of hydrogen-bond donors (Lipinski definition) is 0. The number of esters is 1. The molecule has 0 N–H and O–H groups in total. The van der Waals surface area contributed by atoms with Crippen molar-refractivity contribution in [3.05, 3.63) is 108 Å². The number of carbonyl (C=O) groups is 1. The summed E-state index contributed by atoms with van der Waals surface area (Å²) in [5.41, 5.74) is 2.45. The summed E-state index contributed by atoms with van der Waals surface area (Å²) < 4.78 is 39.5. The Hall–Kier alpha value is -3.11. The Balaban J connectivity index is 1.25. The molecular weight excluding hydrogens is 548 g/mol. The fourth-order valence-corrected chi connectivity index (χ4v) is 4.49. The van der Waals surface area contributed by atoms with E-state index in [0.29, 0.717) is 79.1 Å². The lowest BCUT2D eigenvalue weighted by molar-refractivity contribution is -0.145. The predicted molar refractivity (Wildman–Crippen MR) is 165 cm³/mol. The summed E-state index contributed by atoms with van der Waals surface area (Å²) in [4.78, 5) is 11.2. The number of benzene rings is 3. The molecule has 0 saturated heterocycles. The summed E-state index contributed by atoms with van der Waals surface area (Å²) in [5.74, 6) is -0.186. The van der Waals surface area contributed by atoms with Gasteiger partial charge in [-0.1, -0.05) is 97.9 Å². The predicted octanol–water partition coefficient (Wildman–Crippen LogP) is 5.42. The first-order chi connectivity index (χ1) is 21.3. The standard InChI is InChI=1S/C35H46O8/c1-2-12-34(36)42-29-27-40-25-23-38-21-19-37-20-22-39-24-26-41-28-30-43-35(31-13-6-3-7-14-31,32-15-8-4-9-16-32)33-17-10-5-11-18-33/h3-11,13-18H,2,12,19-30H2,1H3. The second-order valence-electron chi connectivity index (χ2n) is 9.66. The fraction of sp³-hybridized carbons (Fsp3) is 0.457. The van der Waals surface area contributed by atoms with Crippen LogP contribution in [0.3, 0.4) is 0 Å². The van der Waals surface area contributed by atoms with E-state index >= 15 is 0 Å². The van der Waals surface area contributed by atoms with Crippen molar-refractivity contribution in [1.82, 2.24) is 0 Å². The van der Waals surface area contributed by atoms with E-state index < -0.39 is 5.60 Å². The van der Waals surface area contributed by atoms with Gasteiger partial charge in [0.25, 0.3) is 0 Å². The van der Waals surface area contributed by atoms with Gasteiger partial charge in [0.15, 0.2) is 0 Å². The first kappa shape index (κ1) is 34.4. The van der Waals surface area contributed by atoms with Crippen LogP contribution in [0.25, 0.3) is 0 Å². The van der Waals surface area contributed by atoms with E-state index in [1.54, 1.807) is 0 Å². The van der Waals surface area contributed by atoms with Crippen molar-refractivity contribution in [3.63, 3.8) is 0 Å². The second kappa shape index (κ2) is 21.6. The molecule has 0 amide bonds. The molecule has 0 bridgehead atoms. The lowest BCUT2D eigenvalue weighted by atomic mass is 9.80. The number of hydrogen-bond acceptors (Lipinski definition) is 8. The lowest BCUT2D eigenvalue weighted by Crippen LogP contribution is -2.34. The lowest BCUT2D eigenvalue weighted by Gasteiger charge is -2.36. The smallest absolute Gasteiger partial charge is 0.305 e. The van der Waals surface area contributed by atoms with E-state index in [4.69, 9.17) is 33.2 Å². The number of ether oxygens (including phenoxy) is 7. The Labute approximate surface area is 256 Å². The van der Waals surface area contributed by atoms with Crippen LogP contribution in [-0.4, -0.2) is 85.3 Å². The van der Waals surface area contributed by atoms with Crippen LogP contribution in [0.5, 0.6) is 0 Å². The summed E-state index contributed by atoms with van der Waals surface area (Å²) in [7, 11) is 0. The molecule has 0 aliphatic carbocycles. The Morgan fingerprint density at radius 1 is 0.488 bits per heavy atom. The molecule has 3 rings (SSSR count). The quantitative estimate of drug-likeness (QED) is 0.0773. The summed E-state index contributed by atoms with van der Waals surface area (Å²) >= 11 is 0. The van der Waals surface area contributed by atoms with Crippen LogP contribution in [0.2, 0.25) is 0 Å². The Kier molecular flexibility index (Phi) is 17.2. The minimum absolute atomic E-state index is 0.186. The highest BCUT2D eigenvalue weighted by molar-refractivity contribution is 5.69. The first-order valence-corrected chi connectivity index (χ1v) is 15.1. The van der Waals surface area contributed by atoms with Crippen molar-refractivity contribution >= 4 is 5.97 Å². The van der Waals surface area contributed by atoms with E-state index in [-0.39, 0.29) is 12.6 Å². The highest BCUT2D eigenvalue weighted by atomic mass is 16.6. The van der Waals surface area contributed by atoms with Gasteiger partial charge in [0.1, 0.15) is 12.2 Å². The normalized spacial score (nSPS) is 11.5. The summed E-state index contributed by atoms with van der Waals surface area (Å²) in [6.45, 7) is 7.25. The molecule has 8 nitrogen and oxygen atoms in total. The van der Waals surface area contributed by atoms with Crippen molar-refractivity contribution in [2.45, 2.75) is 25.4 Å². The molecule has 0 fully saturated rings. The van der Waals surface area contributed by atoms with Gasteiger partial charge in [-0.2, -0.15) is 0 Å². The van der Waals surface area contributed by atoms with Gasteiger partial charge in [-0.25, -0.2) is 0 Å². The van der Waals surface area contributed by atoms with Gasteiger partial charge in [0.2, 0.25) is 0 Å². The summed E-state index contributed by atoms with van der Waals surface area (Å²) in [5, 5.41) is 0. The van der Waals surface area contributed by atoms with Gasteiger partial charge < -0.3 is 33.2 Å². The zero-order valence-corrected chi connectivity index (χ0v) is 25.3. The Morgan fingerprint density at radius 3 is 1.16 bits per heavy atom. The van der Waals surface area contributed by atoms with E-state index in [2.05, 4.69) is 36.4 Å². The minimum Gasteiger partial charge on any atom is -0.463 e. The van der Waals surface area contributed by atoms with E-state index in [1.165, 1.54) is 0 Å². The molecule has 0 heterocycles. The van der Waals surface area contributed by atoms with Crippen LogP contribution in [0.1, 0.15) is 36.5 Å². The molecule has 0 spiro atoms. The maximum atomic E-state index is 11.2. The summed E-state index contributed by atoms with van der Waals surface area (Å²) in [6.07, 6.45) is 1.23. The third-order valence-corrected chi connectivity index (χ3v) is 6.52. The molecule has 0 aliphatic rings. The third kappa shape index (κ3) is 12.6. The van der Waals surface area contributed by atoms with Crippen LogP contribution in [0.4, 0.5) is 0 Å². The van der Waals surface area contributed by atoms with Gasteiger partial charge in [-0.15, -0.1) is 0 Å². The number of carbonyl (C=O) groups excluding carboxylic acids is 1. The van der Waals surface area contributed by atoms with Crippen molar-refractivity contribution in [2.75, 3.05) is 79.3 Å². The Morgan fingerprint density at radius 2 is 0.814 bits per heavy atom. The average molecular weight is 595 g/mol. The molecule has 8 heteroatoms. The molecule has 43 heavy (non-hydrogen) atoms. The highest BCUT2D eigenvalue weighted by Crippen LogP contribution is 2.40. The van der Waals surface area contributed by atoms with E-state index in [1.807, 2.05) is 61.5 Å². The molecule has 0 saturated carbocycles. The topological polar surface area (TPSA) is 81.7 Å². The molecule has 0 radical (unpaired) electrons. The van der Waals surface area contributed by atoms with Crippen LogP contribution < -0.4 is 0 Å². The van der Waals surface area contributed by atoms with Gasteiger partial charge in [0, 0.05) is 6.42 Å². The zero-order chi connectivity index (χ0) is 30.3. The van der Waals surface area contributed by atoms with Crippen LogP contribution in [0.15, 0.2) is 91.0 Å². The van der Waals surface area contributed by atoms with Crippen molar-refractivity contribution < 1.29 is 38.0 Å². The van der Waals surface area contributed by atoms with Gasteiger partial charge in [-0.3, -0.25) is 4.79 Å². The van der Waals surface area contributed by atoms with E-state index in [9.17, 15) is 4.79 Å². The molecule has 0 aliphatic heterocycles. The van der Waals surface area contributed by atoms with Crippen molar-refractivity contribution in [2.24, 2.45) is 0 Å². The summed E-state index contributed by atoms with van der Waals surface area (Å²) in [6, 6.07) is 30.9. The molecule has 234 valence electrons. The van der Waals surface area contributed by atoms with Gasteiger partial charge in [0.05, 0.1) is 72.7 Å². The molecule has 0 atom stereocenters. The van der Waals surface area contributed by atoms with Gasteiger partial charge in [-0.05, 0) is 23.1 Å². The SMILES string of the molecule is CCCC(=O)OCCOCCOCCOCCOCCOCCOC(c1ccccc1)(c1ccccc1)c1ccccc1. The van der Waals surface area contributed by atoms with Crippen molar-refractivity contribution in [3.8, 4) is 0 Å².